The highest BCUT2D eigenvalue weighted by Crippen LogP contribution is 2.38. The number of ether oxygens (including phenoxy) is 2. The van der Waals surface area contributed by atoms with E-state index in [-0.39, 0.29) is 17.4 Å². The van der Waals surface area contributed by atoms with Gasteiger partial charge in [0.25, 0.3) is 0 Å². The Balaban J connectivity index is 1.33. The molecule has 2 aliphatic rings. The minimum Gasteiger partial charge on any atom is -0.486 e. The molecule has 7 nitrogen and oxygen atoms in total. The predicted octanol–water partition coefficient (Wildman–Crippen LogP) is 2.92. The van der Waals surface area contributed by atoms with Crippen molar-refractivity contribution in [1.29, 1.82) is 0 Å². The van der Waals surface area contributed by atoms with Crippen LogP contribution in [0.5, 0.6) is 11.5 Å². The highest BCUT2D eigenvalue weighted by Gasteiger charge is 2.30. The Morgan fingerprint density at radius 3 is 2.83 bits per heavy atom. The first-order valence-electron chi connectivity index (χ1n) is 10.3. The largest absolute Gasteiger partial charge is 0.486 e. The van der Waals surface area contributed by atoms with Crippen LogP contribution in [-0.4, -0.2) is 40.3 Å². The van der Waals surface area contributed by atoms with Gasteiger partial charge in [-0.15, -0.1) is 0 Å². The highest BCUT2D eigenvalue weighted by molar-refractivity contribution is 5.79. The van der Waals surface area contributed by atoms with E-state index in [2.05, 4.69) is 5.10 Å². The average molecular weight is 405 g/mol. The predicted molar refractivity (Wildman–Crippen MR) is 112 cm³/mol. The molecule has 1 aromatic heterocycles. The summed E-state index contributed by atoms with van der Waals surface area (Å²) in [4.78, 5) is 27.0. The third-order valence-corrected chi connectivity index (χ3v) is 5.82. The summed E-state index contributed by atoms with van der Waals surface area (Å²) in [5, 5.41) is 4.85. The minimum atomic E-state index is -0.105. The molecule has 154 valence electrons. The summed E-state index contributed by atoms with van der Waals surface area (Å²) in [7, 11) is 0. The molecule has 0 saturated carbocycles. The molecule has 0 radical (unpaired) electrons. The number of fused-ring (bicyclic) bond motifs is 2. The van der Waals surface area contributed by atoms with Gasteiger partial charge < -0.3 is 14.4 Å². The smallest absolute Gasteiger partial charge is 0.224 e. The zero-order valence-corrected chi connectivity index (χ0v) is 16.6. The normalized spacial score (nSPS) is 18.0. The van der Waals surface area contributed by atoms with Gasteiger partial charge in [-0.1, -0.05) is 18.2 Å². The van der Waals surface area contributed by atoms with Crippen molar-refractivity contribution >= 4 is 16.8 Å². The Bertz CT molecular complexity index is 1160. The second-order valence-electron chi connectivity index (χ2n) is 7.65. The van der Waals surface area contributed by atoms with Crippen LogP contribution in [0.25, 0.3) is 10.9 Å². The molecule has 1 amide bonds. The Labute approximate surface area is 173 Å². The molecule has 3 aromatic rings. The molecule has 0 aliphatic carbocycles. The zero-order chi connectivity index (χ0) is 20.5. The number of carbonyl (C=O) groups excluding carboxylic acids is 1. The molecule has 5 rings (SSSR count). The SMILES string of the molecule is O=C(CCn1ncc(=O)c2ccccc21)N1CCC[C@@H]1c1ccc2c(c1)OCCO2. The minimum absolute atomic E-state index is 0.0482. The summed E-state index contributed by atoms with van der Waals surface area (Å²) in [6, 6.07) is 13.4. The maximum absolute atomic E-state index is 13.1. The number of aromatic nitrogens is 2. The Kier molecular flexibility index (Phi) is 4.86. The maximum Gasteiger partial charge on any atom is 0.224 e. The Morgan fingerprint density at radius 1 is 1.10 bits per heavy atom. The van der Waals surface area contributed by atoms with E-state index in [9.17, 15) is 9.59 Å². The van der Waals surface area contributed by atoms with E-state index in [4.69, 9.17) is 9.47 Å². The van der Waals surface area contributed by atoms with Crippen LogP contribution in [0.4, 0.5) is 0 Å². The van der Waals surface area contributed by atoms with Gasteiger partial charge >= 0.3 is 0 Å². The van der Waals surface area contributed by atoms with E-state index >= 15 is 0 Å². The molecule has 1 saturated heterocycles. The topological polar surface area (TPSA) is 73.7 Å². The Morgan fingerprint density at radius 2 is 1.93 bits per heavy atom. The van der Waals surface area contributed by atoms with Gasteiger partial charge in [-0.3, -0.25) is 14.3 Å². The molecule has 0 N–H and O–H groups in total. The van der Waals surface area contributed by atoms with E-state index in [1.165, 1.54) is 6.20 Å². The van der Waals surface area contributed by atoms with Gasteiger partial charge in [-0.05, 0) is 42.7 Å². The molecule has 7 heteroatoms. The lowest BCUT2D eigenvalue weighted by molar-refractivity contribution is -0.132. The van der Waals surface area contributed by atoms with Crippen LogP contribution in [0, 0.1) is 0 Å². The van der Waals surface area contributed by atoms with Gasteiger partial charge in [0.2, 0.25) is 11.3 Å². The summed E-state index contributed by atoms with van der Waals surface area (Å²) in [5.74, 6) is 1.61. The molecule has 1 fully saturated rings. The van der Waals surface area contributed by atoms with E-state index in [0.29, 0.717) is 31.6 Å². The van der Waals surface area contributed by atoms with Gasteiger partial charge in [-0.25, -0.2) is 0 Å². The van der Waals surface area contributed by atoms with E-state index in [1.54, 1.807) is 10.7 Å². The van der Waals surface area contributed by atoms with Crippen molar-refractivity contribution in [3.63, 3.8) is 0 Å². The lowest BCUT2D eigenvalue weighted by Gasteiger charge is -2.27. The van der Waals surface area contributed by atoms with Crippen molar-refractivity contribution in [2.45, 2.75) is 31.8 Å². The van der Waals surface area contributed by atoms with E-state index in [0.717, 1.165) is 42.0 Å². The van der Waals surface area contributed by atoms with Crippen LogP contribution in [0.2, 0.25) is 0 Å². The molecule has 0 bridgehead atoms. The molecule has 1 atom stereocenters. The van der Waals surface area contributed by atoms with Crippen molar-refractivity contribution in [3.8, 4) is 11.5 Å². The number of benzene rings is 2. The number of hydrogen-bond acceptors (Lipinski definition) is 5. The van der Waals surface area contributed by atoms with Crippen LogP contribution in [0.3, 0.4) is 0 Å². The van der Waals surface area contributed by atoms with E-state index < -0.39 is 0 Å². The van der Waals surface area contributed by atoms with Crippen LogP contribution >= 0.6 is 0 Å². The molecule has 0 unspecified atom stereocenters. The first-order chi connectivity index (χ1) is 14.7. The summed E-state index contributed by atoms with van der Waals surface area (Å²) >= 11 is 0. The molecular weight excluding hydrogens is 382 g/mol. The lowest BCUT2D eigenvalue weighted by Crippen LogP contribution is -2.31. The van der Waals surface area contributed by atoms with Crippen LogP contribution in [0.15, 0.2) is 53.5 Å². The number of rotatable bonds is 4. The number of carbonyl (C=O) groups is 1. The molecule has 30 heavy (non-hydrogen) atoms. The molecule has 2 aromatic carbocycles. The Hall–Kier alpha value is -3.35. The van der Waals surface area contributed by atoms with Gasteiger partial charge in [0.1, 0.15) is 13.2 Å². The first kappa shape index (κ1) is 18.7. The monoisotopic (exact) mass is 405 g/mol. The second-order valence-corrected chi connectivity index (χ2v) is 7.65. The van der Waals surface area contributed by atoms with Gasteiger partial charge in [0, 0.05) is 18.4 Å². The summed E-state index contributed by atoms with van der Waals surface area (Å²) in [5.41, 5.74) is 1.73. The number of likely N-dealkylation sites (tertiary alicyclic amines) is 1. The standard InChI is InChI=1S/C23H23N3O4/c27-20-15-24-26(19-5-2-1-4-17(19)20)11-9-23(28)25-10-3-6-18(25)16-7-8-21-22(14-16)30-13-12-29-21/h1-2,4-5,7-8,14-15,18H,3,6,9-13H2/t18-/m1/s1. The fourth-order valence-electron chi connectivity index (χ4n) is 4.36. The molecule has 2 aliphatic heterocycles. The summed E-state index contributed by atoms with van der Waals surface area (Å²) in [6.07, 6.45) is 3.57. The fraction of sp³-hybridized carbons (Fsp3) is 0.348. The van der Waals surface area contributed by atoms with Crippen molar-refractivity contribution in [2.24, 2.45) is 0 Å². The van der Waals surface area contributed by atoms with Gasteiger partial charge in [0.05, 0.1) is 24.3 Å². The van der Waals surface area contributed by atoms with Crippen LogP contribution in [-0.2, 0) is 11.3 Å². The average Bonchev–Trinajstić information content (AvgIpc) is 3.28. The van der Waals surface area contributed by atoms with Crippen LogP contribution in [0.1, 0.15) is 30.9 Å². The van der Waals surface area contributed by atoms with Crippen molar-refractivity contribution in [1.82, 2.24) is 14.7 Å². The van der Waals surface area contributed by atoms with Crippen molar-refractivity contribution in [2.75, 3.05) is 19.8 Å². The van der Waals surface area contributed by atoms with Crippen molar-refractivity contribution < 1.29 is 14.3 Å². The third kappa shape index (κ3) is 3.40. The summed E-state index contributed by atoms with van der Waals surface area (Å²) < 4.78 is 13.1. The summed E-state index contributed by atoms with van der Waals surface area (Å²) in [6.45, 7) is 2.29. The molecule has 0 spiro atoms. The van der Waals surface area contributed by atoms with Gasteiger partial charge in [0.15, 0.2) is 11.5 Å². The fourth-order valence-corrected chi connectivity index (χ4v) is 4.36. The third-order valence-electron chi connectivity index (χ3n) is 5.82. The highest BCUT2D eigenvalue weighted by atomic mass is 16.6. The number of amides is 1. The number of aryl methyl sites for hydroxylation is 1. The molecular formula is C23H23N3O4. The zero-order valence-electron chi connectivity index (χ0n) is 16.6. The number of nitrogens with zero attached hydrogens (tertiary/aromatic N) is 3. The van der Waals surface area contributed by atoms with Gasteiger partial charge in [-0.2, -0.15) is 5.10 Å². The first-order valence-corrected chi connectivity index (χ1v) is 10.3. The maximum atomic E-state index is 13.1. The number of hydrogen-bond donors (Lipinski definition) is 0. The lowest BCUT2D eigenvalue weighted by atomic mass is 10.0. The van der Waals surface area contributed by atoms with Crippen molar-refractivity contribution in [3.05, 3.63) is 64.4 Å². The quantitative estimate of drug-likeness (QED) is 0.667. The van der Waals surface area contributed by atoms with Crippen LogP contribution < -0.4 is 14.9 Å². The number of para-hydroxylation sites is 1. The molecule has 3 heterocycles. The van der Waals surface area contributed by atoms with E-state index in [1.807, 2.05) is 41.3 Å². The second kappa shape index (κ2) is 7.82.